The molecule has 4 heteroatoms. The maximum Gasteiger partial charge on any atom is 0.132 e. The van der Waals surface area contributed by atoms with Crippen LogP contribution in [-0.2, 0) is 12.8 Å². The number of fused-ring (bicyclic) bond motifs is 3. The molecule has 1 aliphatic carbocycles. The lowest BCUT2D eigenvalue weighted by atomic mass is 9.91. The van der Waals surface area contributed by atoms with Gasteiger partial charge in [0.25, 0.3) is 0 Å². The fraction of sp³-hybridized carbons (Fsp3) is 0.765. The Hall–Kier alpha value is -1.16. The van der Waals surface area contributed by atoms with E-state index in [1.807, 2.05) is 0 Å². The first kappa shape index (κ1) is 13.5. The van der Waals surface area contributed by atoms with Crippen LogP contribution in [-0.4, -0.2) is 40.5 Å². The Balaban J connectivity index is 1.41. The van der Waals surface area contributed by atoms with Gasteiger partial charge in [-0.25, -0.2) is 9.97 Å². The molecule has 0 radical (unpaired) electrons. The smallest absolute Gasteiger partial charge is 0.132 e. The van der Waals surface area contributed by atoms with Crippen LogP contribution < -0.4 is 5.32 Å². The first-order valence-corrected chi connectivity index (χ1v) is 8.60. The number of hydrogen-bond acceptors (Lipinski definition) is 4. The number of aromatic nitrogens is 2. The Labute approximate surface area is 127 Å². The normalized spacial score (nSPS) is 32.0. The summed E-state index contributed by atoms with van der Waals surface area (Å²) < 4.78 is 0. The quantitative estimate of drug-likeness (QED) is 0.927. The third kappa shape index (κ3) is 2.54. The maximum absolute atomic E-state index is 4.51. The Morgan fingerprint density at radius 1 is 1.14 bits per heavy atom. The van der Waals surface area contributed by atoms with Crippen LogP contribution in [0.15, 0.2) is 6.33 Å². The molecule has 21 heavy (non-hydrogen) atoms. The number of aryl methyl sites for hydroxylation is 1. The van der Waals surface area contributed by atoms with Crippen molar-refractivity contribution in [2.24, 2.45) is 5.92 Å². The van der Waals surface area contributed by atoms with E-state index in [9.17, 15) is 0 Å². The zero-order valence-corrected chi connectivity index (χ0v) is 13.0. The van der Waals surface area contributed by atoms with Gasteiger partial charge in [0.2, 0.25) is 0 Å². The van der Waals surface area contributed by atoms with E-state index < -0.39 is 0 Å². The van der Waals surface area contributed by atoms with Crippen LogP contribution in [0.25, 0.3) is 0 Å². The summed E-state index contributed by atoms with van der Waals surface area (Å²) >= 11 is 0. The number of piperidine rings is 1. The van der Waals surface area contributed by atoms with Gasteiger partial charge < -0.3 is 10.2 Å². The minimum atomic E-state index is 0.813. The lowest BCUT2D eigenvalue weighted by Gasteiger charge is -2.36. The van der Waals surface area contributed by atoms with Gasteiger partial charge in [0.15, 0.2) is 0 Å². The van der Waals surface area contributed by atoms with Crippen molar-refractivity contribution < 1.29 is 0 Å². The zero-order chi connectivity index (χ0) is 14.2. The molecule has 1 N–H and O–H groups in total. The summed E-state index contributed by atoms with van der Waals surface area (Å²) in [6, 6.07) is 1.66. The molecule has 3 aliphatic rings. The predicted octanol–water partition coefficient (Wildman–Crippen LogP) is 2.64. The van der Waals surface area contributed by atoms with Gasteiger partial charge >= 0.3 is 0 Å². The summed E-state index contributed by atoms with van der Waals surface area (Å²) in [5, 5.41) is 3.66. The number of anilines is 1. The van der Waals surface area contributed by atoms with Crippen molar-refractivity contribution in [2.45, 2.75) is 63.5 Å². The van der Waals surface area contributed by atoms with Crippen LogP contribution in [0.1, 0.15) is 49.8 Å². The third-order valence-electron chi connectivity index (χ3n) is 5.88. The molecule has 2 unspecified atom stereocenters. The molecule has 0 amide bonds. The highest BCUT2D eigenvalue weighted by Crippen LogP contribution is 2.37. The average molecular weight is 286 g/mol. The van der Waals surface area contributed by atoms with Crippen molar-refractivity contribution in [3.8, 4) is 0 Å². The summed E-state index contributed by atoms with van der Waals surface area (Å²) in [6.45, 7) is 1.09. The summed E-state index contributed by atoms with van der Waals surface area (Å²) in [7, 11) is 2.31. The number of nitrogens with zero attached hydrogens (tertiary/aromatic N) is 3. The second-order valence-corrected chi connectivity index (χ2v) is 7.12. The molecule has 2 saturated heterocycles. The monoisotopic (exact) mass is 286 g/mol. The average Bonchev–Trinajstić information content (AvgIpc) is 2.75. The van der Waals surface area contributed by atoms with Crippen molar-refractivity contribution >= 4 is 5.82 Å². The zero-order valence-electron chi connectivity index (χ0n) is 13.0. The van der Waals surface area contributed by atoms with Gasteiger partial charge in [-0.05, 0) is 64.3 Å². The van der Waals surface area contributed by atoms with Gasteiger partial charge in [-0.2, -0.15) is 0 Å². The van der Waals surface area contributed by atoms with Gasteiger partial charge in [0.1, 0.15) is 12.1 Å². The Morgan fingerprint density at radius 3 is 2.71 bits per heavy atom. The molecule has 1 aromatic rings. The molecule has 0 spiro atoms. The number of hydrogen-bond donors (Lipinski definition) is 1. The molecule has 2 bridgehead atoms. The van der Waals surface area contributed by atoms with E-state index in [0.29, 0.717) is 0 Å². The van der Waals surface area contributed by atoms with Gasteiger partial charge in [0, 0.05) is 29.9 Å². The van der Waals surface area contributed by atoms with Crippen molar-refractivity contribution in [3.05, 3.63) is 17.6 Å². The van der Waals surface area contributed by atoms with Gasteiger partial charge in [-0.1, -0.05) is 0 Å². The highest BCUT2D eigenvalue weighted by molar-refractivity contribution is 5.47. The molecule has 0 aromatic carbocycles. The summed E-state index contributed by atoms with van der Waals surface area (Å²) in [4.78, 5) is 11.6. The van der Waals surface area contributed by atoms with E-state index in [-0.39, 0.29) is 0 Å². The second kappa shape index (κ2) is 5.56. The van der Waals surface area contributed by atoms with Crippen LogP contribution >= 0.6 is 0 Å². The van der Waals surface area contributed by atoms with Crippen LogP contribution in [0.3, 0.4) is 0 Å². The van der Waals surface area contributed by atoms with Crippen LogP contribution in [0.4, 0.5) is 5.82 Å². The second-order valence-electron chi connectivity index (χ2n) is 7.12. The molecular formula is C17H26N4. The third-order valence-corrected chi connectivity index (χ3v) is 5.88. The SMILES string of the molecule is CN1C2CCC1CC(CNc1ncnc3c1CCCC3)C2. The van der Waals surface area contributed by atoms with E-state index in [1.54, 1.807) is 6.33 Å². The van der Waals surface area contributed by atoms with Crippen molar-refractivity contribution in [2.75, 3.05) is 18.9 Å². The lowest BCUT2D eigenvalue weighted by molar-refractivity contribution is 0.139. The lowest BCUT2D eigenvalue weighted by Crippen LogP contribution is -2.41. The molecule has 2 atom stereocenters. The fourth-order valence-electron chi connectivity index (χ4n) is 4.61. The summed E-state index contributed by atoms with van der Waals surface area (Å²) in [6.07, 6.45) is 12.1. The Kier molecular flexibility index (Phi) is 3.57. The minimum Gasteiger partial charge on any atom is -0.369 e. The van der Waals surface area contributed by atoms with Crippen LogP contribution in [0.2, 0.25) is 0 Å². The van der Waals surface area contributed by atoms with Gasteiger partial charge in [-0.3, -0.25) is 0 Å². The van der Waals surface area contributed by atoms with Gasteiger partial charge in [-0.15, -0.1) is 0 Å². The topological polar surface area (TPSA) is 41.0 Å². The van der Waals surface area contributed by atoms with E-state index in [1.165, 1.54) is 49.8 Å². The molecule has 114 valence electrons. The van der Waals surface area contributed by atoms with Crippen molar-refractivity contribution in [3.63, 3.8) is 0 Å². The summed E-state index contributed by atoms with van der Waals surface area (Å²) in [5.74, 6) is 1.93. The van der Waals surface area contributed by atoms with Crippen molar-refractivity contribution in [1.82, 2.24) is 14.9 Å². The van der Waals surface area contributed by atoms with E-state index >= 15 is 0 Å². The highest BCUT2D eigenvalue weighted by Gasteiger charge is 2.38. The molecule has 2 fully saturated rings. The Bertz CT molecular complexity index is 502. The van der Waals surface area contributed by atoms with E-state index in [0.717, 1.165) is 43.2 Å². The molecule has 4 rings (SSSR count). The number of rotatable bonds is 3. The predicted molar refractivity (Wildman–Crippen MR) is 84.5 cm³/mol. The number of nitrogens with one attached hydrogen (secondary N) is 1. The maximum atomic E-state index is 4.51. The van der Waals surface area contributed by atoms with Gasteiger partial charge in [0.05, 0.1) is 0 Å². The molecule has 1 aromatic heterocycles. The molecule has 0 saturated carbocycles. The molecular weight excluding hydrogens is 260 g/mol. The van der Waals surface area contributed by atoms with E-state index in [2.05, 4.69) is 27.2 Å². The van der Waals surface area contributed by atoms with Crippen LogP contribution in [0.5, 0.6) is 0 Å². The first-order valence-electron chi connectivity index (χ1n) is 8.60. The molecule has 3 heterocycles. The molecule has 4 nitrogen and oxygen atoms in total. The Morgan fingerprint density at radius 2 is 1.90 bits per heavy atom. The highest BCUT2D eigenvalue weighted by atomic mass is 15.2. The molecule has 2 aliphatic heterocycles. The fourth-order valence-corrected chi connectivity index (χ4v) is 4.61. The standard InChI is InChI=1S/C17H26N4/c1-21-13-6-7-14(21)9-12(8-13)10-18-17-15-4-2-3-5-16(15)19-11-20-17/h11-14H,2-10H2,1H3,(H,18,19,20). The summed E-state index contributed by atoms with van der Waals surface area (Å²) in [5.41, 5.74) is 2.67. The van der Waals surface area contributed by atoms with Crippen LogP contribution in [0, 0.1) is 5.92 Å². The van der Waals surface area contributed by atoms with Crippen molar-refractivity contribution in [1.29, 1.82) is 0 Å². The largest absolute Gasteiger partial charge is 0.369 e. The van der Waals surface area contributed by atoms with E-state index in [4.69, 9.17) is 0 Å². The first-order chi connectivity index (χ1) is 10.3. The minimum absolute atomic E-state index is 0.813.